The van der Waals surface area contributed by atoms with E-state index in [1.807, 2.05) is 37.4 Å². The number of aromatic nitrogens is 2. The predicted octanol–water partition coefficient (Wildman–Crippen LogP) is 4.54. The van der Waals surface area contributed by atoms with Gasteiger partial charge in [-0.15, -0.1) is 0 Å². The van der Waals surface area contributed by atoms with E-state index in [0.29, 0.717) is 18.7 Å². The SMILES string of the molecule is CC(=O)N(C)CC(Cc1ccccc1)n1c(=N)n(Cc2ccc(C)cc2)c2ccccc21. The highest BCUT2D eigenvalue weighted by Crippen LogP contribution is 2.22. The standard InChI is InChI=1S/C27H30N4O/c1-20-13-15-23(16-14-20)18-30-25-11-7-8-12-26(25)31(27(30)28)24(19-29(3)21(2)32)17-22-9-5-4-6-10-22/h4-16,24,28H,17-19H2,1-3H3. The Morgan fingerprint density at radius 2 is 1.53 bits per heavy atom. The third-order valence-corrected chi connectivity index (χ3v) is 6.08. The van der Waals surface area contributed by atoms with E-state index >= 15 is 0 Å². The summed E-state index contributed by atoms with van der Waals surface area (Å²) < 4.78 is 4.15. The summed E-state index contributed by atoms with van der Waals surface area (Å²) in [6.07, 6.45) is 0.744. The third kappa shape index (κ3) is 4.52. The van der Waals surface area contributed by atoms with E-state index in [1.165, 1.54) is 11.1 Å². The summed E-state index contributed by atoms with van der Waals surface area (Å²) >= 11 is 0. The topological polar surface area (TPSA) is 54.0 Å². The first kappa shape index (κ1) is 21.6. The summed E-state index contributed by atoms with van der Waals surface area (Å²) in [5.74, 6) is 0.0265. The number of para-hydroxylation sites is 2. The van der Waals surface area contributed by atoms with Gasteiger partial charge in [-0.1, -0.05) is 72.3 Å². The van der Waals surface area contributed by atoms with Gasteiger partial charge in [-0.2, -0.15) is 0 Å². The largest absolute Gasteiger partial charge is 0.344 e. The van der Waals surface area contributed by atoms with Crippen LogP contribution in [0.15, 0.2) is 78.9 Å². The molecule has 4 rings (SSSR count). The van der Waals surface area contributed by atoms with Gasteiger partial charge in [0, 0.05) is 20.5 Å². The molecule has 1 atom stereocenters. The molecule has 0 aliphatic heterocycles. The van der Waals surface area contributed by atoms with Crippen molar-refractivity contribution in [2.45, 2.75) is 32.9 Å². The summed E-state index contributed by atoms with van der Waals surface area (Å²) in [6.45, 7) is 4.84. The molecule has 3 aromatic carbocycles. The number of nitrogens with one attached hydrogen (secondary N) is 1. The normalized spacial score (nSPS) is 12.1. The average molecular weight is 427 g/mol. The number of imidazole rings is 1. The Hall–Kier alpha value is -3.60. The van der Waals surface area contributed by atoms with E-state index < -0.39 is 0 Å². The van der Waals surface area contributed by atoms with Gasteiger partial charge in [0.15, 0.2) is 0 Å². The number of nitrogens with zero attached hydrogens (tertiary/aromatic N) is 3. The molecular formula is C27H30N4O. The molecular weight excluding hydrogens is 396 g/mol. The molecule has 0 radical (unpaired) electrons. The molecule has 5 heteroatoms. The van der Waals surface area contributed by atoms with E-state index in [0.717, 1.165) is 23.0 Å². The van der Waals surface area contributed by atoms with Crippen LogP contribution in [0.1, 0.15) is 29.7 Å². The van der Waals surface area contributed by atoms with Crippen molar-refractivity contribution in [3.63, 3.8) is 0 Å². The van der Waals surface area contributed by atoms with Crippen molar-refractivity contribution in [3.8, 4) is 0 Å². The van der Waals surface area contributed by atoms with Crippen LogP contribution in [0.4, 0.5) is 0 Å². The Kier molecular flexibility index (Phi) is 6.26. The number of likely N-dealkylation sites (N-methyl/N-ethyl adjacent to an activating group) is 1. The first-order chi connectivity index (χ1) is 15.4. The van der Waals surface area contributed by atoms with E-state index in [4.69, 9.17) is 5.41 Å². The molecule has 0 spiro atoms. The number of hydrogen-bond acceptors (Lipinski definition) is 2. The van der Waals surface area contributed by atoms with E-state index in [1.54, 1.807) is 11.8 Å². The van der Waals surface area contributed by atoms with Crippen molar-refractivity contribution in [2.24, 2.45) is 0 Å². The molecule has 0 fully saturated rings. The highest BCUT2D eigenvalue weighted by molar-refractivity contribution is 5.76. The van der Waals surface area contributed by atoms with Gasteiger partial charge in [-0.3, -0.25) is 10.2 Å². The van der Waals surface area contributed by atoms with Crippen molar-refractivity contribution >= 4 is 16.9 Å². The minimum absolute atomic E-state index is 0.0265. The monoisotopic (exact) mass is 426 g/mol. The molecule has 0 bridgehead atoms. The van der Waals surface area contributed by atoms with Crippen molar-refractivity contribution in [1.29, 1.82) is 5.41 Å². The Bertz CT molecular complexity index is 1270. The van der Waals surface area contributed by atoms with Crippen LogP contribution in [-0.4, -0.2) is 33.5 Å². The lowest BCUT2D eigenvalue weighted by molar-refractivity contribution is -0.128. The second kappa shape index (κ2) is 9.27. The van der Waals surface area contributed by atoms with E-state index in [-0.39, 0.29) is 11.9 Å². The lowest BCUT2D eigenvalue weighted by Gasteiger charge is -2.25. The fraction of sp³-hybridized carbons (Fsp3) is 0.259. The zero-order valence-electron chi connectivity index (χ0n) is 19.0. The fourth-order valence-electron chi connectivity index (χ4n) is 4.23. The fourth-order valence-corrected chi connectivity index (χ4v) is 4.23. The number of fused-ring (bicyclic) bond motifs is 1. The number of benzene rings is 3. The van der Waals surface area contributed by atoms with Crippen molar-refractivity contribution in [2.75, 3.05) is 13.6 Å². The molecule has 0 saturated heterocycles. The summed E-state index contributed by atoms with van der Waals surface area (Å²) in [5.41, 5.74) is 6.07. The first-order valence-corrected chi connectivity index (χ1v) is 11.0. The number of aryl methyl sites for hydroxylation is 1. The molecule has 5 nitrogen and oxygen atoms in total. The summed E-state index contributed by atoms with van der Waals surface area (Å²) in [4.78, 5) is 13.8. The van der Waals surface area contributed by atoms with Crippen molar-refractivity contribution < 1.29 is 4.79 Å². The van der Waals surface area contributed by atoms with E-state index in [9.17, 15) is 4.79 Å². The Balaban J connectivity index is 1.82. The van der Waals surface area contributed by atoms with Crippen LogP contribution >= 0.6 is 0 Å². The number of hydrogen-bond donors (Lipinski definition) is 1. The van der Waals surface area contributed by atoms with Crippen molar-refractivity contribution in [1.82, 2.24) is 14.0 Å². The predicted molar refractivity (Wildman–Crippen MR) is 129 cm³/mol. The quantitative estimate of drug-likeness (QED) is 0.463. The van der Waals surface area contributed by atoms with E-state index in [2.05, 4.69) is 64.6 Å². The second-order valence-corrected chi connectivity index (χ2v) is 8.50. The van der Waals surface area contributed by atoms with Crippen LogP contribution < -0.4 is 5.62 Å². The highest BCUT2D eigenvalue weighted by Gasteiger charge is 2.21. The molecule has 1 aromatic heterocycles. The minimum atomic E-state index is -0.0528. The van der Waals surface area contributed by atoms with Crippen LogP contribution in [0, 0.1) is 12.3 Å². The van der Waals surface area contributed by atoms with Crippen LogP contribution in [0.25, 0.3) is 11.0 Å². The molecule has 1 heterocycles. The van der Waals surface area contributed by atoms with Gasteiger partial charge in [0.1, 0.15) is 0 Å². The van der Waals surface area contributed by atoms with Crippen molar-refractivity contribution in [3.05, 3.63) is 101 Å². The molecule has 4 aromatic rings. The van der Waals surface area contributed by atoms with Crippen LogP contribution in [-0.2, 0) is 17.8 Å². The first-order valence-electron chi connectivity index (χ1n) is 11.0. The molecule has 0 aliphatic carbocycles. The Morgan fingerprint density at radius 1 is 0.906 bits per heavy atom. The summed E-state index contributed by atoms with van der Waals surface area (Å²) in [7, 11) is 1.83. The molecule has 164 valence electrons. The van der Waals surface area contributed by atoms with Gasteiger partial charge in [0.25, 0.3) is 0 Å². The lowest BCUT2D eigenvalue weighted by atomic mass is 10.0. The van der Waals surface area contributed by atoms with Gasteiger partial charge in [0.2, 0.25) is 11.5 Å². The van der Waals surface area contributed by atoms with Gasteiger partial charge >= 0.3 is 0 Å². The summed E-state index contributed by atoms with van der Waals surface area (Å²) in [5, 5.41) is 9.14. The van der Waals surface area contributed by atoms with Crippen LogP contribution in [0.3, 0.4) is 0 Å². The van der Waals surface area contributed by atoms with Crippen LogP contribution in [0.5, 0.6) is 0 Å². The third-order valence-electron chi connectivity index (χ3n) is 6.08. The summed E-state index contributed by atoms with van der Waals surface area (Å²) in [6, 6.07) is 26.9. The maximum absolute atomic E-state index is 12.0. The lowest BCUT2D eigenvalue weighted by Crippen LogP contribution is -2.37. The maximum Gasteiger partial charge on any atom is 0.219 e. The molecule has 0 aliphatic rings. The zero-order valence-corrected chi connectivity index (χ0v) is 19.0. The van der Waals surface area contributed by atoms with Gasteiger partial charge < -0.3 is 14.0 Å². The van der Waals surface area contributed by atoms with Gasteiger partial charge in [-0.25, -0.2) is 0 Å². The minimum Gasteiger partial charge on any atom is -0.344 e. The Labute approximate surface area is 189 Å². The zero-order chi connectivity index (χ0) is 22.7. The smallest absolute Gasteiger partial charge is 0.219 e. The number of carbonyl (C=O) groups excluding carboxylic acids is 1. The molecule has 32 heavy (non-hydrogen) atoms. The number of amides is 1. The Morgan fingerprint density at radius 3 is 2.19 bits per heavy atom. The molecule has 1 unspecified atom stereocenters. The number of carbonyl (C=O) groups is 1. The maximum atomic E-state index is 12.0. The molecule has 1 N–H and O–H groups in total. The molecule has 1 amide bonds. The molecule has 0 saturated carbocycles. The second-order valence-electron chi connectivity index (χ2n) is 8.50. The van der Waals surface area contributed by atoms with Gasteiger partial charge in [0.05, 0.1) is 23.6 Å². The highest BCUT2D eigenvalue weighted by atomic mass is 16.2. The number of rotatable bonds is 7. The van der Waals surface area contributed by atoms with Crippen LogP contribution in [0.2, 0.25) is 0 Å². The average Bonchev–Trinajstić information content (AvgIpc) is 3.06. The van der Waals surface area contributed by atoms with Gasteiger partial charge in [-0.05, 0) is 36.6 Å².